The fraction of sp³-hybridized carbons (Fsp3) is 0.500. The summed E-state index contributed by atoms with van der Waals surface area (Å²) in [5, 5.41) is 4.00. The summed E-state index contributed by atoms with van der Waals surface area (Å²) in [6, 6.07) is 6.26. The first-order valence-corrected chi connectivity index (χ1v) is 5.75. The molecule has 0 spiro atoms. The highest BCUT2D eigenvalue weighted by Crippen LogP contribution is 2.27. The first-order valence-electron chi connectivity index (χ1n) is 5.38. The van der Waals surface area contributed by atoms with Crippen molar-refractivity contribution < 1.29 is 4.74 Å². The quantitative estimate of drug-likeness (QED) is 0.833. The number of hydrogen-bond donors (Lipinski definition) is 2. The molecule has 16 heavy (non-hydrogen) atoms. The molecule has 0 saturated carbocycles. The summed E-state index contributed by atoms with van der Waals surface area (Å²) in [6.07, 6.45) is 0. The average Bonchev–Trinajstić information content (AvgIpc) is 2.25. The third kappa shape index (κ3) is 3.37. The average molecular weight is 243 g/mol. The Hall–Kier alpha value is -0.770. The van der Waals surface area contributed by atoms with E-state index in [2.05, 4.69) is 19.2 Å². The molecular weight excluding hydrogens is 224 g/mol. The van der Waals surface area contributed by atoms with Gasteiger partial charge < -0.3 is 15.8 Å². The SMILES string of the molecule is COc1ccc(C(CN)NC(C)C)cc1Cl. The summed E-state index contributed by atoms with van der Waals surface area (Å²) in [4.78, 5) is 0. The van der Waals surface area contributed by atoms with Crippen molar-refractivity contribution in [2.24, 2.45) is 5.73 Å². The molecular formula is C12H19ClN2O. The predicted octanol–water partition coefficient (Wildman–Crippen LogP) is 2.35. The second-order valence-electron chi connectivity index (χ2n) is 4.00. The number of benzene rings is 1. The number of ether oxygens (including phenoxy) is 1. The third-order valence-corrected chi connectivity index (χ3v) is 2.64. The first kappa shape index (κ1) is 13.3. The summed E-state index contributed by atoms with van der Waals surface area (Å²) in [5.74, 6) is 0.686. The third-order valence-electron chi connectivity index (χ3n) is 2.35. The minimum atomic E-state index is 0.128. The van der Waals surface area contributed by atoms with Gasteiger partial charge in [-0.05, 0) is 17.7 Å². The van der Waals surface area contributed by atoms with E-state index in [0.717, 1.165) is 5.56 Å². The van der Waals surface area contributed by atoms with Crippen LogP contribution in [0.3, 0.4) is 0 Å². The number of nitrogens with one attached hydrogen (secondary N) is 1. The molecule has 0 amide bonds. The van der Waals surface area contributed by atoms with Crippen molar-refractivity contribution in [1.82, 2.24) is 5.32 Å². The van der Waals surface area contributed by atoms with Gasteiger partial charge in [-0.25, -0.2) is 0 Å². The highest BCUT2D eigenvalue weighted by atomic mass is 35.5. The zero-order valence-corrected chi connectivity index (χ0v) is 10.7. The highest BCUT2D eigenvalue weighted by Gasteiger charge is 2.12. The molecule has 0 fully saturated rings. The van der Waals surface area contributed by atoms with E-state index in [0.29, 0.717) is 23.4 Å². The lowest BCUT2D eigenvalue weighted by atomic mass is 10.1. The molecule has 1 rings (SSSR count). The van der Waals surface area contributed by atoms with Gasteiger partial charge in [0.2, 0.25) is 0 Å². The van der Waals surface area contributed by atoms with Crippen molar-refractivity contribution in [2.75, 3.05) is 13.7 Å². The van der Waals surface area contributed by atoms with Crippen molar-refractivity contribution in [1.29, 1.82) is 0 Å². The Balaban J connectivity index is 2.89. The maximum Gasteiger partial charge on any atom is 0.137 e. The van der Waals surface area contributed by atoms with Gasteiger partial charge in [0.15, 0.2) is 0 Å². The van der Waals surface area contributed by atoms with E-state index in [9.17, 15) is 0 Å². The van der Waals surface area contributed by atoms with Crippen molar-refractivity contribution in [3.63, 3.8) is 0 Å². The molecule has 0 radical (unpaired) electrons. The van der Waals surface area contributed by atoms with Crippen LogP contribution in [-0.2, 0) is 0 Å². The van der Waals surface area contributed by atoms with Crippen LogP contribution in [-0.4, -0.2) is 19.7 Å². The van der Waals surface area contributed by atoms with E-state index in [1.807, 2.05) is 18.2 Å². The highest BCUT2D eigenvalue weighted by molar-refractivity contribution is 6.32. The van der Waals surface area contributed by atoms with Crippen molar-refractivity contribution >= 4 is 11.6 Å². The van der Waals surface area contributed by atoms with Gasteiger partial charge in [0.05, 0.1) is 12.1 Å². The molecule has 0 aliphatic rings. The lowest BCUT2D eigenvalue weighted by Crippen LogP contribution is -2.33. The van der Waals surface area contributed by atoms with Crippen LogP contribution in [0.2, 0.25) is 5.02 Å². The Kier molecular flexibility index (Phi) is 5.06. The van der Waals surface area contributed by atoms with Crippen LogP contribution in [0, 0.1) is 0 Å². The van der Waals surface area contributed by atoms with E-state index in [1.54, 1.807) is 7.11 Å². The van der Waals surface area contributed by atoms with E-state index < -0.39 is 0 Å². The predicted molar refractivity (Wildman–Crippen MR) is 68.1 cm³/mol. The Morgan fingerprint density at radius 1 is 1.44 bits per heavy atom. The number of methoxy groups -OCH3 is 1. The maximum absolute atomic E-state index is 6.07. The van der Waals surface area contributed by atoms with Gasteiger partial charge >= 0.3 is 0 Å². The van der Waals surface area contributed by atoms with Gasteiger partial charge in [0.1, 0.15) is 5.75 Å². The zero-order valence-electron chi connectivity index (χ0n) is 9.96. The second kappa shape index (κ2) is 6.09. The molecule has 90 valence electrons. The van der Waals surface area contributed by atoms with Crippen molar-refractivity contribution in [3.8, 4) is 5.75 Å². The molecule has 1 aromatic carbocycles. The zero-order chi connectivity index (χ0) is 12.1. The molecule has 4 heteroatoms. The summed E-state index contributed by atoms with van der Waals surface area (Å²) in [7, 11) is 1.60. The summed E-state index contributed by atoms with van der Waals surface area (Å²) < 4.78 is 5.11. The molecule has 3 nitrogen and oxygen atoms in total. The van der Waals surface area contributed by atoms with Crippen LogP contribution < -0.4 is 15.8 Å². The number of nitrogens with two attached hydrogens (primary N) is 1. The van der Waals surface area contributed by atoms with Crippen molar-refractivity contribution in [2.45, 2.75) is 25.9 Å². The normalized spacial score (nSPS) is 12.9. The molecule has 1 unspecified atom stereocenters. The van der Waals surface area contributed by atoms with Crippen LogP contribution in [0.5, 0.6) is 5.75 Å². The lowest BCUT2D eigenvalue weighted by Gasteiger charge is -2.20. The molecule has 1 aromatic rings. The van der Waals surface area contributed by atoms with Crippen LogP contribution in [0.4, 0.5) is 0 Å². The van der Waals surface area contributed by atoms with Gasteiger partial charge in [-0.2, -0.15) is 0 Å². The Morgan fingerprint density at radius 2 is 2.12 bits per heavy atom. The van der Waals surface area contributed by atoms with E-state index in [4.69, 9.17) is 22.1 Å². The second-order valence-corrected chi connectivity index (χ2v) is 4.41. The van der Waals surface area contributed by atoms with Gasteiger partial charge in [0.25, 0.3) is 0 Å². The largest absolute Gasteiger partial charge is 0.495 e. The summed E-state index contributed by atoms with van der Waals surface area (Å²) >= 11 is 6.07. The van der Waals surface area contributed by atoms with Gasteiger partial charge in [-0.3, -0.25) is 0 Å². The van der Waals surface area contributed by atoms with Crippen LogP contribution in [0.15, 0.2) is 18.2 Å². The fourth-order valence-corrected chi connectivity index (χ4v) is 1.87. The smallest absolute Gasteiger partial charge is 0.137 e. The molecule has 0 aliphatic heterocycles. The van der Waals surface area contributed by atoms with Gasteiger partial charge in [-0.1, -0.05) is 31.5 Å². The first-order chi connectivity index (χ1) is 7.58. The minimum absolute atomic E-state index is 0.128. The number of rotatable bonds is 5. The van der Waals surface area contributed by atoms with Gasteiger partial charge in [0, 0.05) is 18.6 Å². The molecule has 0 aliphatic carbocycles. The fourth-order valence-electron chi connectivity index (χ4n) is 1.60. The Bertz CT molecular complexity index is 342. The van der Waals surface area contributed by atoms with E-state index >= 15 is 0 Å². The number of halogens is 1. The van der Waals surface area contributed by atoms with Gasteiger partial charge in [-0.15, -0.1) is 0 Å². The van der Waals surface area contributed by atoms with E-state index in [1.165, 1.54) is 0 Å². The number of hydrogen-bond acceptors (Lipinski definition) is 3. The molecule has 3 N–H and O–H groups in total. The van der Waals surface area contributed by atoms with Crippen LogP contribution in [0.1, 0.15) is 25.5 Å². The van der Waals surface area contributed by atoms with Crippen LogP contribution >= 0.6 is 11.6 Å². The monoisotopic (exact) mass is 242 g/mol. The van der Waals surface area contributed by atoms with Crippen molar-refractivity contribution in [3.05, 3.63) is 28.8 Å². The standard InChI is InChI=1S/C12H19ClN2O/c1-8(2)15-11(7-14)9-4-5-12(16-3)10(13)6-9/h4-6,8,11,15H,7,14H2,1-3H3. The molecule has 0 saturated heterocycles. The molecule has 0 heterocycles. The molecule has 0 aromatic heterocycles. The lowest BCUT2D eigenvalue weighted by molar-refractivity contribution is 0.414. The van der Waals surface area contributed by atoms with E-state index in [-0.39, 0.29) is 6.04 Å². The van der Waals surface area contributed by atoms with Crippen LogP contribution in [0.25, 0.3) is 0 Å². The topological polar surface area (TPSA) is 47.3 Å². The Morgan fingerprint density at radius 3 is 2.56 bits per heavy atom. The summed E-state index contributed by atoms with van der Waals surface area (Å²) in [6.45, 7) is 4.72. The molecule has 1 atom stereocenters. The summed E-state index contributed by atoms with van der Waals surface area (Å²) in [5.41, 5.74) is 6.82. The minimum Gasteiger partial charge on any atom is -0.495 e. The molecule has 0 bridgehead atoms. The maximum atomic E-state index is 6.07. The Labute approximate surface area is 102 Å².